The molecule has 122 valence electrons. The van der Waals surface area contributed by atoms with E-state index in [1.165, 1.54) is 0 Å². The van der Waals surface area contributed by atoms with Crippen molar-refractivity contribution >= 4 is 12.4 Å². The molecule has 0 saturated heterocycles. The Hall–Kier alpha value is -0.970. The number of ether oxygens (including phenoxy) is 3. The fourth-order valence-electron chi connectivity index (χ4n) is 1.77. The van der Waals surface area contributed by atoms with E-state index >= 15 is 0 Å². The lowest BCUT2D eigenvalue weighted by Gasteiger charge is -2.10. The van der Waals surface area contributed by atoms with Crippen LogP contribution < -0.4 is 14.8 Å². The van der Waals surface area contributed by atoms with Crippen LogP contribution in [-0.4, -0.2) is 34.0 Å². The first kappa shape index (κ1) is 20.0. The van der Waals surface area contributed by atoms with E-state index in [9.17, 15) is 0 Å². The first-order chi connectivity index (χ1) is 9.65. The molecule has 0 radical (unpaired) electrons. The molecule has 1 aromatic rings. The van der Waals surface area contributed by atoms with Crippen LogP contribution in [0.5, 0.6) is 11.5 Å². The largest absolute Gasteiger partial charge is 0.497 e. The third-order valence-corrected chi connectivity index (χ3v) is 3.00. The fraction of sp³-hybridized carbons (Fsp3) is 0.625. The molecule has 0 atom stereocenters. The summed E-state index contributed by atoms with van der Waals surface area (Å²) >= 11 is 0. The Bertz CT molecular complexity index is 364. The fourth-order valence-corrected chi connectivity index (χ4v) is 1.77. The highest BCUT2D eigenvalue weighted by Crippen LogP contribution is 2.22. The average Bonchev–Trinajstić information content (AvgIpc) is 2.45. The molecule has 0 amide bonds. The maximum absolute atomic E-state index is 5.56. The van der Waals surface area contributed by atoms with Gasteiger partial charge in [-0.25, -0.2) is 0 Å². The molecular formula is C16H28ClNO3. The highest BCUT2D eigenvalue weighted by molar-refractivity contribution is 5.85. The summed E-state index contributed by atoms with van der Waals surface area (Å²) in [5.74, 6) is 2.33. The Morgan fingerprint density at radius 1 is 1.00 bits per heavy atom. The van der Waals surface area contributed by atoms with Gasteiger partial charge in [-0.05, 0) is 30.0 Å². The van der Waals surface area contributed by atoms with E-state index in [1.54, 1.807) is 14.2 Å². The Balaban J connectivity index is 0.00000400. The summed E-state index contributed by atoms with van der Waals surface area (Å²) < 4.78 is 16.1. The van der Waals surface area contributed by atoms with E-state index in [1.807, 2.05) is 18.2 Å². The third kappa shape index (κ3) is 8.81. The Kier molecular flexibility index (Phi) is 11.1. The SMILES string of the molecule is COc1cc(CNCCOCCC(C)C)cc(OC)c1.Cl. The van der Waals surface area contributed by atoms with Crippen molar-refractivity contribution in [1.29, 1.82) is 0 Å². The van der Waals surface area contributed by atoms with Crippen molar-refractivity contribution in [2.24, 2.45) is 5.92 Å². The molecule has 0 aliphatic heterocycles. The van der Waals surface area contributed by atoms with E-state index in [0.717, 1.165) is 49.8 Å². The standard InChI is InChI=1S/C16H27NO3.ClH/c1-13(2)5-7-20-8-6-17-12-14-9-15(18-3)11-16(10-14)19-4;/h9-11,13,17H,5-8,12H2,1-4H3;1H. The molecule has 0 unspecified atom stereocenters. The maximum Gasteiger partial charge on any atom is 0.122 e. The van der Waals surface area contributed by atoms with Crippen molar-refractivity contribution in [3.05, 3.63) is 23.8 Å². The predicted octanol–water partition coefficient (Wildman–Crippen LogP) is 3.28. The van der Waals surface area contributed by atoms with Crippen molar-refractivity contribution in [2.45, 2.75) is 26.8 Å². The van der Waals surface area contributed by atoms with Gasteiger partial charge in [-0.15, -0.1) is 12.4 Å². The summed E-state index contributed by atoms with van der Waals surface area (Å²) in [6, 6.07) is 5.89. The number of methoxy groups -OCH3 is 2. The Morgan fingerprint density at radius 3 is 2.14 bits per heavy atom. The highest BCUT2D eigenvalue weighted by atomic mass is 35.5. The molecule has 5 heteroatoms. The summed E-state index contributed by atoms with van der Waals surface area (Å²) in [5.41, 5.74) is 1.14. The molecule has 1 aromatic carbocycles. The van der Waals surface area contributed by atoms with Gasteiger partial charge in [0.05, 0.1) is 20.8 Å². The zero-order chi connectivity index (χ0) is 14.8. The van der Waals surface area contributed by atoms with Crippen LogP contribution in [0.25, 0.3) is 0 Å². The lowest BCUT2D eigenvalue weighted by Crippen LogP contribution is -2.19. The number of hydrogen-bond donors (Lipinski definition) is 1. The zero-order valence-electron chi connectivity index (χ0n) is 13.5. The number of nitrogens with one attached hydrogen (secondary N) is 1. The van der Waals surface area contributed by atoms with Gasteiger partial charge in [0.1, 0.15) is 11.5 Å². The summed E-state index contributed by atoms with van der Waals surface area (Å²) in [6.07, 6.45) is 1.12. The van der Waals surface area contributed by atoms with Gasteiger partial charge in [0, 0.05) is 25.8 Å². The number of rotatable bonds is 10. The summed E-state index contributed by atoms with van der Waals surface area (Å²) in [4.78, 5) is 0. The van der Waals surface area contributed by atoms with Crippen molar-refractivity contribution < 1.29 is 14.2 Å². The smallest absolute Gasteiger partial charge is 0.122 e. The molecule has 0 heterocycles. The molecule has 1 rings (SSSR count). The summed E-state index contributed by atoms with van der Waals surface area (Å²) in [6.45, 7) is 7.62. The van der Waals surface area contributed by atoms with Crippen molar-refractivity contribution in [1.82, 2.24) is 5.32 Å². The molecule has 21 heavy (non-hydrogen) atoms. The van der Waals surface area contributed by atoms with E-state index in [2.05, 4.69) is 19.2 Å². The zero-order valence-corrected chi connectivity index (χ0v) is 14.3. The molecular weight excluding hydrogens is 290 g/mol. The first-order valence-electron chi connectivity index (χ1n) is 7.16. The van der Waals surface area contributed by atoms with Crippen LogP contribution >= 0.6 is 12.4 Å². The van der Waals surface area contributed by atoms with E-state index in [0.29, 0.717) is 5.92 Å². The number of halogens is 1. The van der Waals surface area contributed by atoms with Crippen LogP contribution in [0.15, 0.2) is 18.2 Å². The molecule has 0 spiro atoms. The van der Waals surface area contributed by atoms with E-state index in [4.69, 9.17) is 14.2 Å². The minimum atomic E-state index is 0. The second-order valence-electron chi connectivity index (χ2n) is 5.19. The van der Waals surface area contributed by atoms with Crippen LogP contribution in [0, 0.1) is 5.92 Å². The monoisotopic (exact) mass is 317 g/mol. The Labute approximate surface area is 134 Å². The van der Waals surface area contributed by atoms with Crippen LogP contribution in [0.3, 0.4) is 0 Å². The molecule has 4 nitrogen and oxygen atoms in total. The normalized spacial score (nSPS) is 10.3. The van der Waals surface area contributed by atoms with Gasteiger partial charge in [0.25, 0.3) is 0 Å². The second-order valence-corrected chi connectivity index (χ2v) is 5.19. The van der Waals surface area contributed by atoms with E-state index < -0.39 is 0 Å². The average molecular weight is 318 g/mol. The van der Waals surface area contributed by atoms with Gasteiger partial charge >= 0.3 is 0 Å². The van der Waals surface area contributed by atoms with Gasteiger partial charge in [0.2, 0.25) is 0 Å². The third-order valence-electron chi connectivity index (χ3n) is 3.00. The molecule has 0 aromatic heterocycles. The Morgan fingerprint density at radius 2 is 1.62 bits per heavy atom. The van der Waals surface area contributed by atoms with Gasteiger partial charge < -0.3 is 19.5 Å². The van der Waals surface area contributed by atoms with Gasteiger partial charge in [-0.1, -0.05) is 13.8 Å². The second kappa shape index (κ2) is 11.7. The highest BCUT2D eigenvalue weighted by Gasteiger charge is 2.01. The molecule has 0 aliphatic carbocycles. The van der Waals surface area contributed by atoms with Gasteiger partial charge in [-0.3, -0.25) is 0 Å². The van der Waals surface area contributed by atoms with Crippen molar-refractivity contribution in [3.8, 4) is 11.5 Å². The minimum absolute atomic E-state index is 0. The molecule has 0 aliphatic rings. The maximum atomic E-state index is 5.56. The van der Waals surface area contributed by atoms with Crippen molar-refractivity contribution in [3.63, 3.8) is 0 Å². The van der Waals surface area contributed by atoms with Crippen LogP contribution in [0.2, 0.25) is 0 Å². The summed E-state index contributed by atoms with van der Waals surface area (Å²) in [7, 11) is 3.32. The van der Waals surface area contributed by atoms with Crippen LogP contribution in [0.1, 0.15) is 25.8 Å². The first-order valence-corrected chi connectivity index (χ1v) is 7.16. The lowest BCUT2D eigenvalue weighted by atomic mass is 10.1. The molecule has 1 N–H and O–H groups in total. The van der Waals surface area contributed by atoms with E-state index in [-0.39, 0.29) is 12.4 Å². The predicted molar refractivity (Wildman–Crippen MR) is 88.8 cm³/mol. The summed E-state index contributed by atoms with van der Waals surface area (Å²) in [5, 5.41) is 3.36. The molecule has 0 fully saturated rings. The molecule has 0 saturated carbocycles. The van der Waals surface area contributed by atoms with Crippen molar-refractivity contribution in [2.75, 3.05) is 34.0 Å². The van der Waals surface area contributed by atoms with Crippen LogP contribution in [-0.2, 0) is 11.3 Å². The lowest BCUT2D eigenvalue weighted by molar-refractivity contribution is 0.125. The van der Waals surface area contributed by atoms with Crippen LogP contribution in [0.4, 0.5) is 0 Å². The number of hydrogen-bond acceptors (Lipinski definition) is 4. The number of benzene rings is 1. The van der Waals surface area contributed by atoms with Gasteiger partial charge in [-0.2, -0.15) is 0 Å². The quantitative estimate of drug-likeness (QED) is 0.672. The van der Waals surface area contributed by atoms with Gasteiger partial charge in [0.15, 0.2) is 0 Å². The topological polar surface area (TPSA) is 39.7 Å². The molecule has 0 bridgehead atoms. The minimum Gasteiger partial charge on any atom is -0.497 e.